The molecule has 0 spiro atoms. The van der Waals surface area contributed by atoms with Crippen molar-refractivity contribution in [1.82, 2.24) is 20.1 Å². The summed E-state index contributed by atoms with van der Waals surface area (Å²) >= 11 is 0. The third-order valence-electron chi connectivity index (χ3n) is 4.63. The van der Waals surface area contributed by atoms with E-state index >= 15 is 0 Å². The fraction of sp³-hybridized carbons (Fsp3) is 0.667. The van der Waals surface area contributed by atoms with Gasteiger partial charge in [0.15, 0.2) is 5.96 Å². The lowest BCUT2D eigenvalue weighted by molar-refractivity contribution is 0.186. The van der Waals surface area contributed by atoms with E-state index in [9.17, 15) is 5.11 Å². The van der Waals surface area contributed by atoms with Crippen molar-refractivity contribution in [2.45, 2.75) is 39.3 Å². The van der Waals surface area contributed by atoms with Crippen molar-refractivity contribution in [2.24, 2.45) is 4.99 Å². The highest BCUT2D eigenvalue weighted by Gasteiger charge is 2.28. The molecular formula is C18H31N5O. The molecule has 0 saturated carbocycles. The second kappa shape index (κ2) is 9.59. The molecule has 0 amide bonds. The second-order valence-electron chi connectivity index (χ2n) is 6.10. The minimum Gasteiger partial charge on any atom is -0.386 e. The standard InChI is InChI=1S/C18H31N5O/c1-4-20-18(21-13-17(24)15-7-10-19-11-8-15)23-12-9-16(14-23)22(5-2)6-3/h7-8,10-11,16-17,24H,4-6,9,12-14H2,1-3H3,(H,20,21). The van der Waals surface area contributed by atoms with Crippen LogP contribution < -0.4 is 5.32 Å². The lowest BCUT2D eigenvalue weighted by Crippen LogP contribution is -2.43. The number of pyridine rings is 1. The Kier molecular flexibility index (Phi) is 7.46. The van der Waals surface area contributed by atoms with E-state index in [1.165, 1.54) is 6.42 Å². The van der Waals surface area contributed by atoms with E-state index in [0.717, 1.165) is 44.2 Å². The van der Waals surface area contributed by atoms with E-state index in [0.29, 0.717) is 12.6 Å². The Hall–Kier alpha value is -1.66. The van der Waals surface area contributed by atoms with E-state index in [4.69, 9.17) is 0 Å². The zero-order chi connectivity index (χ0) is 17.4. The lowest BCUT2D eigenvalue weighted by atomic mass is 10.1. The first-order chi connectivity index (χ1) is 11.7. The number of rotatable bonds is 7. The van der Waals surface area contributed by atoms with Gasteiger partial charge >= 0.3 is 0 Å². The Morgan fingerprint density at radius 1 is 1.38 bits per heavy atom. The number of nitrogens with zero attached hydrogens (tertiary/aromatic N) is 4. The van der Waals surface area contributed by atoms with Gasteiger partial charge < -0.3 is 15.3 Å². The molecule has 1 aliphatic rings. The summed E-state index contributed by atoms with van der Waals surface area (Å²) in [7, 11) is 0. The molecule has 2 heterocycles. The highest BCUT2D eigenvalue weighted by atomic mass is 16.3. The number of likely N-dealkylation sites (N-methyl/N-ethyl adjacent to an activating group) is 1. The highest BCUT2D eigenvalue weighted by Crippen LogP contribution is 2.16. The smallest absolute Gasteiger partial charge is 0.194 e. The van der Waals surface area contributed by atoms with Crippen LogP contribution in [0.25, 0.3) is 0 Å². The minimum absolute atomic E-state index is 0.360. The molecule has 2 unspecified atom stereocenters. The van der Waals surface area contributed by atoms with Gasteiger partial charge in [-0.3, -0.25) is 14.9 Å². The molecule has 2 rings (SSSR count). The van der Waals surface area contributed by atoms with Crippen LogP contribution >= 0.6 is 0 Å². The normalized spacial score (nSPS) is 19.8. The summed E-state index contributed by atoms with van der Waals surface area (Å²) in [6.45, 7) is 11.9. The van der Waals surface area contributed by atoms with E-state index in [-0.39, 0.29) is 0 Å². The number of likely N-dealkylation sites (tertiary alicyclic amines) is 1. The average molecular weight is 333 g/mol. The number of aromatic nitrogens is 1. The van der Waals surface area contributed by atoms with Crippen LogP contribution in [0.2, 0.25) is 0 Å². The summed E-state index contributed by atoms with van der Waals surface area (Å²) in [6.07, 6.45) is 3.97. The molecule has 1 saturated heterocycles. The van der Waals surface area contributed by atoms with Crippen LogP contribution in [0.5, 0.6) is 0 Å². The summed E-state index contributed by atoms with van der Waals surface area (Å²) in [5.74, 6) is 0.903. The van der Waals surface area contributed by atoms with Gasteiger partial charge in [-0.15, -0.1) is 0 Å². The van der Waals surface area contributed by atoms with Crippen LogP contribution in [0.4, 0.5) is 0 Å². The molecule has 6 heteroatoms. The van der Waals surface area contributed by atoms with Crippen LogP contribution in [0.15, 0.2) is 29.5 Å². The SMILES string of the molecule is CCNC(=NCC(O)c1ccncc1)N1CCC(N(CC)CC)C1. The molecule has 1 fully saturated rings. The van der Waals surface area contributed by atoms with Crippen molar-refractivity contribution >= 4 is 5.96 Å². The maximum Gasteiger partial charge on any atom is 0.194 e. The second-order valence-corrected chi connectivity index (χ2v) is 6.10. The third kappa shape index (κ3) is 4.92. The topological polar surface area (TPSA) is 64.0 Å². The Morgan fingerprint density at radius 3 is 2.71 bits per heavy atom. The Labute approximate surface area is 145 Å². The number of aliphatic hydroxyl groups is 1. The summed E-state index contributed by atoms with van der Waals surface area (Å²) < 4.78 is 0. The van der Waals surface area contributed by atoms with Crippen LogP contribution in [-0.2, 0) is 0 Å². The third-order valence-corrected chi connectivity index (χ3v) is 4.63. The molecule has 134 valence electrons. The number of aliphatic hydroxyl groups excluding tert-OH is 1. The molecule has 2 atom stereocenters. The predicted octanol–water partition coefficient (Wildman–Crippen LogP) is 1.50. The largest absolute Gasteiger partial charge is 0.386 e. The van der Waals surface area contributed by atoms with Crippen LogP contribution in [0.3, 0.4) is 0 Å². The van der Waals surface area contributed by atoms with Crippen LogP contribution in [0, 0.1) is 0 Å². The summed E-state index contributed by atoms with van der Waals surface area (Å²) in [5.41, 5.74) is 0.854. The molecule has 6 nitrogen and oxygen atoms in total. The summed E-state index contributed by atoms with van der Waals surface area (Å²) in [6, 6.07) is 4.26. The van der Waals surface area contributed by atoms with Crippen molar-refractivity contribution in [3.8, 4) is 0 Å². The van der Waals surface area contributed by atoms with Gasteiger partial charge in [0.25, 0.3) is 0 Å². The number of nitrogens with one attached hydrogen (secondary N) is 1. The molecule has 0 aromatic carbocycles. The quantitative estimate of drug-likeness (QED) is 0.585. The molecule has 1 aromatic heterocycles. The summed E-state index contributed by atoms with van der Waals surface area (Å²) in [4.78, 5) is 13.5. The number of hydrogen-bond acceptors (Lipinski definition) is 4. The number of aliphatic imine (C=N–C) groups is 1. The van der Waals surface area contributed by atoms with E-state index in [1.54, 1.807) is 12.4 Å². The fourth-order valence-corrected chi connectivity index (χ4v) is 3.26. The van der Waals surface area contributed by atoms with Crippen molar-refractivity contribution in [3.05, 3.63) is 30.1 Å². The molecular weight excluding hydrogens is 302 g/mol. The first-order valence-electron chi connectivity index (χ1n) is 9.04. The Bertz CT molecular complexity index is 503. The number of guanidine groups is 1. The zero-order valence-electron chi connectivity index (χ0n) is 15.1. The van der Waals surface area contributed by atoms with Gasteiger partial charge in [0.1, 0.15) is 0 Å². The van der Waals surface area contributed by atoms with Crippen molar-refractivity contribution < 1.29 is 5.11 Å². The highest BCUT2D eigenvalue weighted by molar-refractivity contribution is 5.80. The summed E-state index contributed by atoms with van der Waals surface area (Å²) in [5, 5.41) is 13.7. The molecule has 0 bridgehead atoms. The van der Waals surface area contributed by atoms with Crippen molar-refractivity contribution in [2.75, 3.05) is 39.3 Å². The van der Waals surface area contributed by atoms with Gasteiger partial charge in [-0.2, -0.15) is 0 Å². The number of hydrogen-bond donors (Lipinski definition) is 2. The van der Waals surface area contributed by atoms with Crippen LogP contribution in [0.1, 0.15) is 38.9 Å². The molecule has 1 aromatic rings. The zero-order valence-corrected chi connectivity index (χ0v) is 15.1. The van der Waals surface area contributed by atoms with E-state index < -0.39 is 6.10 Å². The maximum absolute atomic E-state index is 10.3. The van der Waals surface area contributed by atoms with Gasteiger partial charge in [-0.25, -0.2) is 0 Å². The molecule has 1 aliphatic heterocycles. The first-order valence-corrected chi connectivity index (χ1v) is 9.04. The molecule has 0 radical (unpaired) electrons. The Morgan fingerprint density at radius 2 is 2.08 bits per heavy atom. The van der Waals surface area contributed by atoms with Gasteiger partial charge in [0, 0.05) is 38.1 Å². The first kappa shape index (κ1) is 18.7. The van der Waals surface area contributed by atoms with Gasteiger partial charge in [-0.1, -0.05) is 13.8 Å². The van der Waals surface area contributed by atoms with Crippen LogP contribution in [-0.4, -0.2) is 71.2 Å². The van der Waals surface area contributed by atoms with Gasteiger partial charge in [0.2, 0.25) is 0 Å². The lowest BCUT2D eigenvalue weighted by Gasteiger charge is -2.27. The average Bonchev–Trinajstić information content (AvgIpc) is 3.10. The van der Waals surface area contributed by atoms with E-state index in [1.807, 2.05) is 12.1 Å². The van der Waals surface area contributed by atoms with Crippen molar-refractivity contribution in [1.29, 1.82) is 0 Å². The van der Waals surface area contributed by atoms with E-state index in [2.05, 4.69) is 45.9 Å². The maximum atomic E-state index is 10.3. The molecule has 0 aliphatic carbocycles. The minimum atomic E-state index is -0.595. The van der Waals surface area contributed by atoms with Gasteiger partial charge in [-0.05, 0) is 44.1 Å². The fourth-order valence-electron chi connectivity index (χ4n) is 3.26. The predicted molar refractivity (Wildman–Crippen MR) is 98.1 cm³/mol. The Balaban J connectivity index is 1.98. The monoisotopic (exact) mass is 333 g/mol. The van der Waals surface area contributed by atoms with Crippen molar-refractivity contribution in [3.63, 3.8) is 0 Å². The molecule has 2 N–H and O–H groups in total. The molecule has 24 heavy (non-hydrogen) atoms. The van der Waals surface area contributed by atoms with Gasteiger partial charge in [0.05, 0.1) is 12.6 Å².